The molecule has 0 aliphatic heterocycles. The number of rotatable bonds is 8. The van der Waals surface area contributed by atoms with Crippen LogP contribution in [0.15, 0.2) is 193 Å². The highest BCUT2D eigenvalue weighted by Crippen LogP contribution is 2.52. The number of thiophene rings is 1. The van der Waals surface area contributed by atoms with Crippen LogP contribution in [0.2, 0.25) is 5.02 Å². The predicted octanol–water partition coefficient (Wildman–Crippen LogP) is 23.8. The Kier molecular flexibility index (Phi) is 13.8. The van der Waals surface area contributed by atoms with Gasteiger partial charge in [-0.2, -0.15) is 0 Å². The Morgan fingerprint density at radius 1 is 0.300 bits per heavy atom. The molecule has 0 saturated carbocycles. The smallest absolute Gasteiger partial charge is 0.0887 e. The van der Waals surface area contributed by atoms with E-state index in [-0.39, 0.29) is 27.1 Å². The third kappa shape index (κ3) is 10.3. The summed E-state index contributed by atoms with van der Waals surface area (Å²) >= 11 is 10.1. The van der Waals surface area contributed by atoms with Crippen molar-refractivity contribution in [1.29, 1.82) is 0 Å². The van der Waals surface area contributed by atoms with E-state index < -0.39 is 0 Å². The molecule has 10 aromatic carbocycles. The number of halogens is 1. The van der Waals surface area contributed by atoms with Crippen LogP contribution in [0.1, 0.15) is 132 Å². The van der Waals surface area contributed by atoms with Crippen molar-refractivity contribution in [3.8, 4) is 22.3 Å². The Bertz CT molecular complexity index is 4090. The normalized spacial score (nSPS) is 12.8. The highest BCUT2D eigenvalue weighted by atomic mass is 35.5. The van der Waals surface area contributed by atoms with Crippen molar-refractivity contribution in [2.75, 3.05) is 9.80 Å². The van der Waals surface area contributed by atoms with Crippen molar-refractivity contribution in [1.82, 2.24) is 0 Å². The highest BCUT2D eigenvalue weighted by Gasteiger charge is 2.29. The molecule has 11 rings (SSSR count). The lowest BCUT2D eigenvalue weighted by molar-refractivity contribution is 0.569. The van der Waals surface area contributed by atoms with Gasteiger partial charge in [0.05, 0.1) is 27.8 Å². The van der Waals surface area contributed by atoms with Crippen LogP contribution in [-0.2, 0) is 27.1 Å². The van der Waals surface area contributed by atoms with Crippen LogP contribution in [-0.4, -0.2) is 0 Å². The minimum Gasteiger partial charge on any atom is -0.308 e. The van der Waals surface area contributed by atoms with Gasteiger partial charge in [-0.15, -0.1) is 11.3 Å². The van der Waals surface area contributed by atoms with Crippen molar-refractivity contribution >= 4 is 99.5 Å². The second kappa shape index (κ2) is 20.1. The van der Waals surface area contributed by atoms with Gasteiger partial charge in [-0.1, -0.05) is 237 Å². The summed E-state index contributed by atoms with van der Waals surface area (Å²) in [6.07, 6.45) is 0. The molecule has 11 aromatic rings. The molecular formula is C76H77ClN2S. The van der Waals surface area contributed by atoms with Crippen LogP contribution >= 0.6 is 22.9 Å². The lowest BCUT2D eigenvalue weighted by atomic mass is 9.79. The zero-order valence-electron chi connectivity index (χ0n) is 49.7. The molecule has 2 nitrogen and oxygen atoms in total. The van der Waals surface area contributed by atoms with E-state index in [1.54, 1.807) is 11.3 Å². The molecule has 1 aromatic heterocycles. The van der Waals surface area contributed by atoms with Gasteiger partial charge in [-0.3, -0.25) is 0 Å². The van der Waals surface area contributed by atoms with Gasteiger partial charge in [0.1, 0.15) is 0 Å². The number of nitrogens with zero attached hydrogens (tertiary/aromatic N) is 2. The molecule has 0 unspecified atom stereocenters. The zero-order valence-corrected chi connectivity index (χ0v) is 51.2. The maximum atomic E-state index is 8.34. The van der Waals surface area contributed by atoms with Crippen molar-refractivity contribution in [3.05, 3.63) is 226 Å². The molecule has 0 bridgehead atoms. The van der Waals surface area contributed by atoms with E-state index in [9.17, 15) is 0 Å². The molecule has 0 spiro atoms. The quantitative estimate of drug-likeness (QED) is 0.140. The van der Waals surface area contributed by atoms with Gasteiger partial charge in [-0.25, -0.2) is 0 Å². The number of anilines is 6. The van der Waals surface area contributed by atoms with E-state index in [1.165, 1.54) is 75.8 Å². The molecule has 4 heteroatoms. The fourth-order valence-corrected chi connectivity index (χ4v) is 12.6. The van der Waals surface area contributed by atoms with Gasteiger partial charge in [0.15, 0.2) is 0 Å². The standard InChI is InChI=1S/C76H77ClN2S/c1-72(2,3)51-31-35-56(36-32-51)78(69-47-80-70-39-34-53(46-65(69)70)74(7,8)9)67-28-21-29-68(71(67)77)79(57-23-20-22-48(42-57)50-40-54(75(10,11)12)44-55(41-50)76(13,14)15)66-38-33-52(73(4,5)6)45-63(66)49-30-37-62-60-26-17-16-24-58(60)59-25-18-19-27-61(59)64(62)43-49/h16-47H,1-15H3. The zero-order chi connectivity index (χ0) is 56.8. The summed E-state index contributed by atoms with van der Waals surface area (Å²) < 4.78 is 1.24. The first-order valence-electron chi connectivity index (χ1n) is 28.5. The maximum absolute atomic E-state index is 8.34. The largest absolute Gasteiger partial charge is 0.308 e. The van der Waals surface area contributed by atoms with E-state index in [0.29, 0.717) is 5.02 Å². The lowest BCUT2D eigenvalue weighted by Crippen LogP contribution is -2.17. The van der Waals surface area contributed by atoms with Crippen molar-refractivity contribution in [3.63, 3.8) is 0 Å². The fourth-order valence-electron chi connectivity index (χ4n) is 11.4. The van der Waals surface area contributed by atoms with E-state index in [2.05, 4.69) is 307 Å². The first kappa shape index (κ1) is 54.8. The van der Waals surface area contributed by atoms with Crippen LogP contribution in [0, 0.1) is 0 Å². The number of hydrogen-bond donors (Lipinski definition) is 0. The topological polar surface area (TPSA) is 6.48 Å². The number of benzene rings is 10. The summed E-state index contributed by atoms with van der Waals surface area (Å²) in [4.78, 5) is 4.83. The molecule has 0 N–H and O–H groups in total. The van der Waals surface area contributed by atoms with E-state index in [4.69, 9.17) is 11.6 Å². The van der Waals surface area contributed by atoms with Gasteiger partial charge in [-0.05, 0) is 171 Å². The van der Waals surface area contributed by atoms with Crippen LogP contribution in [0.3, 0.4) is 0 Å². The minimum absolute atomic E-state index is 0.0127. The number of hydrogen-bond acceptors (Lipinski definition) is 3. The first-order valence-corrected chi connectivity index (χ1v) is 29.8. The Morgan fingerprint density at radius 3 is 1.35 bits per heavy atom. The van der Waals surface area contributed by atoms with Crippen molar-refractivity contribution < 1.29 is 0 Å². The summed E-state index contributed by atoms with van der Waals surface area (Å²) in [5.74, 6) is 0. The Hall–Kier alpha value is -7.17. The predicted molar refractivity (Wildman–Crippen MR) is 353 cm³/mol. The maximum Gasteiger partial charge on any atom is 0.0887 e. The summed E-state index contributed by atoms with van der Waals surface area (Å²) in [5.41, 5.74) is 16.8. The summed E-state index contributed by atoms with van der Waals surface area (Å²) in [6.45, 7) is 34.5. The summed E-state index contributed by atoms with van der Waals surface area (Å²) in [6, 6.07) is 71.0. The van der Waals surface area contributed by atoms with Gasteiger partial charge >= 0.3 is 0 Å². The van der Waals surface area contributed by atoms with Crippen molar-refractivity contribution in [2.45, 2.75) is 131 Å². The average molecular weight is 1090 g/mol. The van der Waals surface area contributed by atoms with E-state index >= 15 is 0 Å². The van der Waals surface area contributed by atoms with Gasteiger partial charge in [0, 0.05) is 32.4 Å². The molecule has 0 amide bonds. The average Bonchev–Trinajstić information content (AvgIpc) is 3.40. The molecule has 0 fully saturated rings. The van der Waals surface area contributed by atoms with Crippen LogP contribution in [0.5, 0.6) is 0 Å². The molecule has 1 heterocycles. The van der Waals surface area contributed by atoms with E-state index in [0.717, 1.165) is 50.8 Å². The molecule has 80 heavy (non-hydrogen) atoms. The number of fused-ring (bicyclic) bond motifs is 7. The van der Waals surface area contributed by atoms with Gasteiger partial charge in [0.25, 0.3) is 0 Å². The van der Waals surface area contributed by atoms with Gasteiger partial charge in [0.2, 0.25) is 0 Å². The summed E-state index contributed by atoms with van der Waals surface area (Å²) in [7, 11) is 0. The van der Waals surface area contributed by atoms with E-state index in [1.807, 2.05) is 0 Å². The second-order valence-corrected chi connectivity index (χ2v) is 28.6. The van der Waals surface area contributed by atoms with Crippen LogP contribution in [0.25, 0.3) is 64.7 Å². The second-order valence-electron chi connectivity index (χ2n) is 27.3. The van der Waals surface area contributed by atoms with Gasteiger partial charge < -0.3 is 9.80 Å². The third-order valence-corrected chi connectivity index (χ3v) is 17.7. The Labute approximate surface area is 485 Å². The molecule has 0 saturated heterocycles. The molecular weight excluding hydrogens is 1010 g/mol. The van der Waals surface area contributed by atoms with Crippen molar-refractivity contribution in [2.24, 2.45) is 0 Å². The van der Waals surface area contributed by atoms with Crippen LogP contribution in [0.4, 0.5) is 34.1 Å². The Balaban J connectivity index is 1.20. The monoisotopic (exact) mass is 1080 g/mol. The lowest BCUT2D eigenvalue weighted by Gasteiger charge is -2.33. The molecule has 404 valence electrons. The molecule has 0 aliphatic rings. The Morgan fingerprint density at radius 2 is 0.787 bits per heavy atom. The molecule has 0 radical (unpaired) electrons. The molecule has 0 atom stereocenters. The summed E-state index contributed by atoms with van der Waals surface area (Å²) in [5, 5.41) is 11.7. The molecule has 0 aliphatic carbocycles. The highest BCUT2D eigenvalue weighted by molar-refractivity contribution is 7.17. The first-order chi connectivity index (χ1) is 37.7. The van der Waals surface area contributed by atoms with Crippen LogP contribution < -0.4 is 9.80 Å². The SMILES string of the molecule is CC(C)(C)c1ccc(N(c2cccc(N(c3cccc(-c4cc(C(C)(C)C)cc(C(C)(C)C)c4)c3)c3ccc(C(C)(C)C)cc3-c3ccc4c5ccccc5c5ccccc5c4c3)c2Cl)c2csc3ccc(C(C)(C)C)cc23)cc1. The fraction of sp³-hybridized carbons (Fsp3) is 0.263. The third-order valence-electron chi connectivity index (χ3n) is 16.4. The minimum atomic E-state index is -0.128.